The monoisotopic (exact) mass is 282 g/mol. The Morgan fingerprint density at radius 3 is 2.84 bits per heavy atom. The first-order valence-corrected chi connectivity index (χ1v) is 6.33. The Bertz CT molecular complexity index is 576. The molecule has 0 saturated carbocycles. The van der Waals surface area contributed by atoms with Crippen LogP contribution in [-0.2, 0) is 0 Å². The Labute approximate surface area is 115 Å². The highest BCUT2D eigenvalue weighted by molar-refractivity contribution is 6.31. The highest BCUT2D eigenvalue weighted by Crippen LogP contribution is 2.23. The predicted octanol–water partition coefficient (Wildman–Crippen LogP) is 1.48. The Morgan fingerprint density at radius 1 is 1.37 bits per heavy atom. The van der Waals surface area contributed by atoms with E-state index in [2.05, 4.69) is 0 Å². The first-order valence-electron chi connectivity index (χ1n) is 5.95. The molecule has 0 bridgehead atoms. The number of nitrogens with two attached hydrogens (primary N) is 1. The lowest BCUT2D eigenvalue weighted by Gasteiger charge is -2.19. The van der Waals surface area contributed by atoms with Crippen molar-refractivity contribution in [3.8, 4) is 0 Å². The van der Waals surface area contributed by atoms with Crippen molar-refractivity contribution in [2.45, 2.75) is 0 Å². The van der Waals surface area contributed by atoms with E-state index < -0.39 is 0 Å². The second-order valence-electron chi connectivity index (χ2n) is 4.10. The number of aliphatic hydroxyl groups excluding tert-OH is 1. The van der Waals surface area contributed by atoms with Gasteiger partial charge in [-0.15, -0.1) is 0 Å². The topological polar surface area (TPSA) is 79.7 Å². The van der Waals surface area contributed by atoms with Gasteiger partial charge in [-0.25, -0.2) is 0 Å². The summed E-state index contributed by atoms with van der Waals surface area (Å²) < 4.78 is 5.49. The van der Waals surface area contributed by atoms with Crippen molar-refractivity contribution in [3.63, 3.8) is 0 Å². The number of hydrogen-bond donors (Lipinski definition) is 2. The number of fused-ring (bicyclic) bond motifs is 1. The van der Waals surface area contributed by atoms with Crippen molar-refractivity contribution < 1.29 is 14.3 Å². The number of aliphatic hydroxyl groups is 1. The molecule has 0 atom stereocenters. The maximum absolute atomic E-state index is 12.2. The van der Waals surface area contributed by atoms with E-state index in [0.29, 0.717) is 23.7 Å². The van der Waals surface area contributed by atoms with Crippen LogP contribution >= 0.6 is 11.6 Å². The molecule has 0 saturated heterocycles. The summed E-state index contributed by atoms with van der Waals surface area (Å²) >= 11 is 5.88. The number of halogens is 1. The molecule has 0 fully saturated rings. The molecule has 5 nitrogen and oxygen atoms in total. The lowest BCUT2D eigenvalue weighted by Crippen LogP contribution is -2.37. The van der Waals surface area contributed by atoms with Crippen LogP contribution in [0.3, 0.4) is 0 Å². The molecule has 0 unspecified atom stereocenters. The summed E-state index contributed by atoms with van der Waals surface area (Å²) in [6, 6.07) is 6.79. The minimum absolute atomic E-state index is 0.113. The van der Waals surface area contributed by atoms with Gasteiger partial charge < -0.3 is 20.2 Å². The molecule has 0 aliphatic rings. The van der Waals surface area contributed by atoms with Gasteiger partial charge >= 0.3 is 0 Å². The average Bonchev–Trinajstić information content (AvgIpc) is 2.80. The average molecular weight is 283 g/mol. The van der Waals surface area contributed by atoms with Gasteiger partial charge in [0, 0.05) is 30.0 Å². The molecule has 6 heteroatoms. The Hall–Kier alpha value is -1.56. The molecule has 1 aromatic carbocycles. The second-order valence-corrected chi connectivity index (χ2v) is 4.53. The number of carbonyl (C=O) groups excluding carboxylic acids is 1. The third-order valence-electron chi connectivity index (χ3n) is 2.75. The molecule has 1 aromatic heterocycles. The maximum Gasteiger partial charge on any atom is 0.289 e. The third-order valence-corrected chi connectivity index (χ3v) is 2.98. The molecule has 0 aliphatic heterocycles. The van der Waals surface area contributed by atoms with Gasteiger partial charge in [-0.2, -0.15) is 0 Å². The van der Waals surface area contributed by atoms with Crippen molar-refractivity contribution >= 4 is 28.5 Å². The van der Waals surface area contributed by atoms with Gasteiger partial charge in [0.1, 0.15) is 5.58 Å². The van der Waals surface area contributed by atoms with Crippen LogP contribution in [-0.4, -0.2) is 42.2 Å². The van der Waals surface area contributed by atoms with E-state index in [1.807, 2.05) is 0 Å². The van der Waals surface area contributed by atoms with E-state index in [0.717, 1.165) is 5.39 Å². The second kappa shape index (κ2) is 6.06. The highest BCUT2D eigenvalue weighted by atomic mass is 35.5. The maximum atomic E-state index is 12.2. The molecule has 0 aliphatic carbocycles. The van der Waals surface area contributed by atoms with Gasteiger partial charge in [0.05, 0.1) is 6.61 Å². The van der Waals surface area contributed by atoms with E-state index in [1.54, 1.807) is 24.3 Å². The van der Waals surface area contributed by atoms with Crippen molar-refractivity contribution in [2.75, 3.05) is 26.2 Å². The summed E-state index contributed by atoms with van der Waals surface area (Å²) in [5.74, 6) is -0.0639. The third kappa shape index (κ3) is 3.07. The minimum Gasteiger partial charge on any atom is -0.451 e. The molecule has 2 rings (SSSR count). The fourth-order valence-corrected chi connectivity index (χ4v) is 2.05. The Morgan fingerprint density at radius 2 is 2.16 bits per heavy atom. The van der Waals surface area contributed by atoms with Crippen molar-refractivity contribution in [3.05, 3.63) is 35.0 Å². The molecule has 19 heavy (non-hydrogen) atoms. The molecule has 0 spiro atoms. The van der Waals surface area contributed by atoms with Gasteiger partial charge in [-0.3, -0.25) is 4.79 Å². The van der Waals surface area contributed by atoms with Crippen LogP contribution in [0.25, 0.3) is 11.0 Å². The van der Waals surface area contributed by atoms with Crippen LogP contribution in [0.15, 0.2) is 28.7 Å². The van der Waals surface area contributed by atoms with Gasteiger partial charge in [-0.1, -0.05) is 11.6 Å². The van der Waals surface area contributed by atoms with Crippen molar-refractivity contribution in [1.82, 2.24) is 4.90 Å². The normalized spacial score (nSPS) is 10.9. The predicted molar refractivity (Wildman–Crippen MR) is 73.3 cm³/mol. The van der Waals surface area contributed by atoms with Gasteiger partial charge in [-0.05, 0) is 24.3 Å². The van der Waals surface area contributed by atoms with Crippen molar-refractivity contribution in [2.24, 2.45) is 5.73 Å². The number of hydrogen-bond acceptors (Lipinski definition) is 4. The van der Waals surface area contributed by atoms with E-state index in [1.165, 1.54) is 4.90 Å². The number of carbonyl (C=O) groups is 1. The summed E-state index contributed by atoms with van der Waals surface area (Å²) in [5, 5.41) is 10.3. The zero-order valence-electron chi connectivity index (χ0n) is 10.3. The first kappa shape index (κ1) is 13.9. The lowest BCUT2D eigenvalue weighted by molar-refractivity contribution is 0.0698. The fraction of sp³-hybridized carbons (Fsp3) is 0.308. The Kier molecular flexibility index (Phi) is 4.42. The summed E-state index contributed by atoms with van der Waals surface area (Å²) in [6.45, 7) is 0.820. The number of amides is 1. The van der Waals surface area contributed by atoms with E-state index >= 15 is 0 Å². The number of benzene rings is 1. The van der Waals surface area contributed by atoms with Crippen molar-refractivity contribution in [1.29, 1.82) is 0 Å². The van der Waals surface area contributed by atoms with Crippen LogP contribution in [0.1, 0.15) is 10.6 Å². The van der Waals surface area contributed by atoms with Crippen LogP contribution in [0.2, 0.25) is 5.02 Å². The quantitative estimate of drug-likeness (QED) is 0.870. The van der Waals surface area contributed by atoms with E-state index in [4.69, 9.17) is 26.9 Å². The molecular formula is C13H15ClN2O3. The molecule has 1 heterocycles. The summed E-state index contributed by atoms with van der Waals surface area (Å²) in [4.78, 5) is 13.7. The molecule has 2 aromatic rings. The lowest BCUT2D eigenvalue weighted by atomic mass is 10.2. The summed E-state index contributed by atoms with van der Waals surface area (Å²) in [5.41, 5.74) is 6.05. The smallest absolute Gasteiger partial charge is 0.289 e. The largest absolute Gasteiger partial charge is 0.451 e. The molecule has 102 valence electrons. The zero-order valence-corrected chi connectivity index (χ0v) is 11.1. The standard InChI is InChI=1S/C13H15ClN2O3/c14-10-1-2-11-9(7-10)8-12(19-11)13(18)16(4-3-15)5-6-17/h1-2,7-8,17H,3-6,15H2. The summed E-state index contributed by atoms with van der Waals surface area (Å²) in [7, 11) is 0. The van der Waals surface area contributed by atoms with Crippen LogP contribution in [0, 0.1) is 0 Å². The minimum atomic E-state index is -0.285. The number of furan rings is 1. The van der Waals surface area contributed by atoms with Crippen LogP contribution in [0.4, 0.5) is 0 Å². The van der Waals surface area contributed by atoms with Crippen LogP contribution < -0.4 is 5.73 Å². The molecular weight excluding hydrogens is 268 g/mol. The van der Waals surface area contributed by atoms with E-state index in [-0.39, 0.29) is 24.8 Å². The number of rotatable bonds is 5. The number of nitrogens with zero attached hydrogens (tertiary/aromatic N) is 1. The van der Waals surface area contributed by atoms with Crippen LogP contribution in [0.5, 0.6) is 0 Å². The molecule has 1 amide bonds. The van der Waals surface area contributed by atoms with Gasteiger partial charge in [0.15, 0.2) is 5.76 Å². The summed E-state index contributed by atoms with van der Waals surface area (Å²) in [6.07, 6.45) is 0. The zero-order chi connectivity index (χ0) is 13.8. The molecule has 3 N–H and O–H groups in total. The first-order chi connectivity index (χ1) is 9.15. The van der Waals surface area contributed by atoms with Gasteiger partial charge in [0.2, 0.25) is 0 Å². The van der Waals surface area contributed by atoms with Gasteiger partial charge in [0.25, 0.3) is 5.91 Å². The molecule has 0 radical (unpaired) electrons. The Balaban J connectivity index is 2.29. The fourth-order valence-electron chi connectivity index (χ4n) is 1.87. The SMILES string of the molecule is NCCN(CCO)C(=O)c1cc2cc(Cl)ccc2o1. The highest BCUT2D eigenvalue weighted by Gasteiger charge is 2.19. The van der Waals surface area contributed by atoms with E-state index in [9.17, 15) is 4.79 Å².